The van der Waals surface area contributed by atoms with Crippen molar-refractivity contribution in [3.8, 4) is 5.75 Å². The molecule has 1 fully saturated rings. The second-order valence-electron chi connectivity index (χ2n) is 2.86. The zero-order chi connectivity index (χ0) is 11.5. The molecular weight excluding hydrogens is 192 g/mol. The molecular formula is C11H18N2O2. The van der Waals surface area contributed by atoms with Crippen molar-refractivity contribution in [2.75, 3.05) is 14.2 Å². The molecule has 1 heterocycles. The van der Waals surface area contributed by atoms with E-state index in [0.717, 1.165) is 24.9 Å². The van der Waals surface area contributed by atoms with Crippen molar-refractivity contribution in [3.05, 3.63) is 24.5 Å². The summed E-state index contributed by atoms with van der Waals surface area (Å²) in [6.07, 6.45) is 6.70. The fourth-order valence-corrected chi connectivity index (χ4v) is 0.707. The van der Waals surface area contributed by atoms with Gasteiger partial charge in [0.25, 0.3) is 0 Å². The number of rotatable bonds is 2. The number of nitrogens with two attached hydrogens (primary N) is 1. The van der Waals surface area contributed by atoms with Gasteiger partial charge in [0.2, 0.25) is 0 Å². The highest BCUT2D eigenvalue weighted by molar-refractivity contribution is 5.56. The molecule has 84 valence electrons. The van der Waals surface area contributed by atoms with Gasteiger partial charge >= 0.3 is 0 Å². The van der Waals surface area contributed by atoms with Crippen LogP contribution in [0.1, 0.15) is 12.8 Å². The smallest absolute Gasteiger partial charge is 0.123 e. The lowest BCUT2D eigenvalue weighted by molar-refractivity contribution is -0.108. The van der Waals surface area contributed by atoms with Crippen molar-refractivity contribution in [2.24, 2.45) is 11.7 Å². The van der Waals surface area contributed by atoms with E-state index in [9.17, 15) is 4.79 Å². The standard InChI is InChI=1S/C6H7NO.C4H6O.CH5N/c1-8-6-2-4-7-5-3-6;5-3-4-1-2-4;1-2/h2-5H,1H3;3-4H,1-2H2;2H2,1H3. The van der Waals surface area contributed by atoms with E-state index < -0.39 is 0 Å². The molecule has 1 aliphatic rings. The Morgan fingerprint density at radius 1 is 1.40 bits per heavy atom. The molecule has 4 nitrogen and oxygen atoms in total. The minimum atomic E-state index is 0.454. The van der Waals surface area contributed by atoms with Crippen LogP contribution in [0.5, 0.6) is 5.75 Å². The highest BCUT2D eigenvalue weighted by atomic mass is 16.5. The Kier molecular flexibility index (Phi) is 8.28. The largest absolute Gasteiger partial charge is 0.497 e. The molecule has 1 aliphatic carbocycles. The predicted octanol–water partition coefficient (Wildman–Crippen LogP) is 1.26. The molecule has 0 unspecified atom stereocenters. The van der Waals surface area contributed by atoms with Gasteiger partial charge in [-0.05, 0) is 32.0 Å². The third-order valence-corrected chi connectivity index (χ3v) is 1.70. The van der Waals surface area contributed by atoms with E-state index in [-0.39, 0.29) is 0 Å². The van der Waals surface area contributed by atoms with Gasteiger partial charge in [0, 0.05) is 18.3 Å². The molecule has 0 amide bonds. The maximum absolute atomic E-state index is 9.57. The number of hydrogen-bond donors (Lipinski definition) is 1. The number of hydrogen-bond acceptors (Lipinski definition) is 4. The average molecular weight is 210 g/mol. The quantitative estimate of drug-likeness (QED) is 0.746. The third-order valence-electron chi connectivity index (χ3n) is 1.70. The topological polar surface area (TPSA) is 65.2 Å². The van der Waals surface area contributed by atoms with E-state index >= 15 is 0 Å². The summed E-state index contributed by atoms with van der Waals surface area (Å²) < 4.78 is 4.87. The van der Waals surface area contributed by atoms with E-state index in [1.165, 1.54) is 7.05 Å². The lowest BCUT2D eigenvalue weighted by atomic mass is 10.5. The first-order valence-corrected chi connectivity index (χ1v) is 4.84. The van der Waals surface area contributed by atoms with Crippen LogP contribution in [0.15, 0.2) is 24.5 Å². The minimum absolute atomic E-state index is 0.454. The molecule has 0 spiro atoms. The van der Waals surface area contributed by atoms with Crippen molar-refractivity contribution in [2.45, 2.75) is 12.8 Å². The second-order valence-corrected chi connectivity index (χ2v) is 2.86. The Labute approximate surface area is 90.5 Å². The van der Waals surface area contributed by atoms with Crippen molar-refractivity contribution < 1.29 is 9.53 Å². The Morgan fingerprint density at radius 2 is 1.93 bits per heavy atom. The number of aldehydes is 1. The number of methoxy groups -OCH3 is 1. The average Bonchev–Trinajstić information content (AvgIpc) is 3.17. The molecule has 0 bridgehead atoms. The summed E-state index contributed by atoms with van der Waals surface area (Å²) in [7, 11) is 3.13. The van der Waals surface area contributed by atoms with Crippen LogP contribution in [-0.4, -0.2) is 25.4 Å². The molecule has 0 aliphatic heterocycles. The summed E-state index contributed by atoms with van der Waals surface area (Å²) in [4.78, 5) is 13.4. The van der Waals surface area contributed by atoms with Crippen LogP contribution in [0.4, 0.5) is 0 Å². The molecule has 1 aromatic heterocycles. The van der Waals surface area contributed by atoms with E-state index in [4.69, 9.17) is 4.74 Å². The number of carbonyl (C=O) groups excluding carboxylic acids is 1. The van der Waals surface area contributed by atoms with Crippen LogP contribution >= 0.6 is 0 Å². The van der Waals surface area contributed by atoms with Crippen LogP contribution in [0.2, 0.25) is 0 Å². The zero-order valence-electron chi connectivity index (χ0n) is 9.22. The Balaban J connectivity index is 0.000000241. The summed E-state index contributed by atoms with van der Waals surface area (Å²) in [6.45, 7) is 0. The van der Waals surface area contributed by atoms with Crippen LogP contribution < -0.4 is 10.5 Å². The summed E-state index contributed by atoms with van der Waals surface area (Å²) in [5.41, 5.74) is 4.50. The van der Waals surface area contributed by atoms with Gasteiger partial charge in [0.1, 0.15) is 12.0 Å². The lowest BCUT2D eigenvalue weighted by Crippen LogP contribution is -1.80. The van der Waals surface area contributed by atoms with Gasteiger partial charge in [-0.2, -0.15) is 0 Å². The van der Waals surface area contributed by atoms with E-state index in [0.29, 0.717) is 5.92 Å². The molecule has 0 aromatic carbocycles. The number of pyridine rings is 1. The van der Waals surface area contributed by atoms with Gasteiger partial charge in [-0.15, -0.1) is 0 Å². The summed E-state index contributed by atoms with van der Waals surface area (Å²) in [5.74, 6) is 1.30. The monoisotopic (exact) mass is 210 g/mol. The molecule has 1 saturated carbocycles. The Hall–Kier alpha value is -1.42. The summed E-state index contributed by atoms with van der Waals surface area (Å²) in [6, 6.07) is 3.61. The maximum Gasteiger partial charge on any atom is 0.123 e. The van der Waals surface area contributed by atoms with E-state index in [2.05, 4.69) is 10.7 Å². The fourth-order valence-electron chi connectivity index (χ4n) is 0.707. The first-order valence-electron chi connectivity index (χ1n) is 4.84. The highest BCUT2D eigenvalue weighted by Gasteiger charge is 2.18. The van der Waals surface area contributed by atoms with Gasteiger partial charge in [-0.3, -0.25) is 4.98 Å². The van der Waals surface area contributed by atoms with Gasteiger partial charge in [0.15, 0.2) is 0 Å². The fraction of sp³-hybridized carbons (Fsp3) is 0.455. The van der Waals surface area contributed by atoms with Gasteiger partial charge < -0.3 is 15.3 Å². The lowest BCUT2D eigenvalue weighted by Gasteiger charge is -1.93. The molecule has 0 atom stereocenters. The predicted molar refractivity (Wildman–Crippen MR) is 59.7 cm³/mol. The van der Waals surface area contributed by atoms with Crippen molar-refractivity contribution in [3.63, 3.8) is 0 Å². The maximum atomic E-state index is 9.57. The summed E-state index contributed by atoms with van der Waals surface area (Å²) >= 11 is 0. The normalized spacial score (nSPS) is 12.5. The second kappa shape index (κ2) is 9.15. The van der Waals surface area contributed by atoms with Crippen LogP contribution in [0, 0.1) is 5.92 Å². The Morgan fingerprint density at radius 3 is 2.13 bits per heavy atom. The number of carbonyl (C=O) groups is 1. The van der Waals surface area contributed by atoms with Crippen molar-refractivity contribution >= 4 is 6.29 Å². The van der Waals surface area contributed by atoms with Gasteiger partial charge in [-0.1, -0.05) is 0 Å². The first-order chi connectivity index (χ1) is 7.36. The molecule has 15 heavy (non-hydrogen) atoms. The SMILES string of the molecule is CN.COc1ccncc1.O=CC1CC1. The molecule has 2 N–H and O–H groups in total. The van der Waals surface area contributed by atoms with Crippen LogP contribution in [-0.2, 0) is 4.79 Å². The number of nitrogens with zero attached hydrogens (tertiary/aromatic N) is 1. The molecule has 4 heteroatoms. The number of ether oxygens (including phenoxy) is 1. The highest BCUT2D eigenvalue weighted by Crippen LogP contribution is 2.25. The van der Waals surface area contributed by atoms with Gasteiger partial charge in [-0.25, -0.2) is 0 Å². The molecule has 0 radical (unpaired) electrons. The van der Waals surface area contributed by atoms with Gasteiger partial charge in [0.05, 0.1) is 7.11 Å². The van der Waals surface area contributed by atoms with Crippen LogP contribution in [0.25, 0.3) is 0 Å². The minimum Gasteiger partial charge on any atom is -0.497 e. The molecule has 0 saturated heterocycles. The molecule has 1 aromatic rings. The van der Waals surface area contributed by atoms with Crippen molar-refractivity contribution in [1.82, 2.24) is 4.98 Å². The number of aromatic nitrogens is 1. The zero-order valence-corrected chi connectivity index (χ0v) is 9.22. The summed E-state index contributed by atoms with van der Waals surface area (Å²) in [5, 5.41) is 0. The van der Waals surface area contributed by atoms with E-state index in [1.807, 2.05) is 0 Å². The van der Waals surface area contributed by atoms with Crippen LogP contribution in [0.3, 0.4) is 0 Å². The molecule has 2 rings (SSSR count). The third kappa shape index (κ3) is 7.64. The van der Waals surface area contributed by atoms with E-state index in [1.54, 1.807) is 31.6 Å². The van der Waals surface area contributed by atoms with Crippen molar-refractivity contribution in [1.29, 1.82) is 0 Å². The first kappa shape index (κ1) is 13.6. The Bertz CT molecular complexity index is 248.